The van der Waals surface area contributed by atoms with Crippen LogP contribution in [0.2, 0.25) is 0 Å². The second kappa shape index (κ2) is 10.3. The number of hydrogen-bond acceptors (Lipinski definition) is 9. The first-order valence-electron chi connectivity index (χ1n) is 11.0. The van der Waals surface area contributed by atoms with E-state index in [-0.39, 0.29) is 34.0 Å². The number of aromatic nitrogens is 2. The molecule has 192 valence electrons. The van der Waals surface area contributed by atoms with Crippen LogP contribution in [-0.2, 0) is 19.1 Å². The zero-order chi connectivity index (χ0) is 27.6. The van der Waals surface area contributed by atoms with Crippen LogP contribution in [0.5, 0.6) is 0 Å². The molecule has 2 aromatic carbocycles. The lowest BCUT2D eigenvalue weighted by molar-refractivity contribution is -0.139. The molecule has 1 unspecified atom stereocenters. The minimum atomic E-state index is -1.30. The van der Waals surface area contributed by atoms with E-state index in [9.17, 15) is 29.1 Å². The number of nitrogens with zero attached hydrogens (tertiary/aromatic N) is 4. The van der Waals surface area contributed by atoms with Crippen LogP contribution in [-0.4, -0.2) is 47.0 Å². The van der Waals surface area contributed by atoms with Crippen molar-refractivity contribution in [1.29, 1.82) is 5.26 Å². The van der Waals surface area contributed by atoms with Gasteiger partial charge in [0.1, 0.15) is 17.3 Å². The molecule has 4 rings (SSSR count). The highest BCUT2D eigenvalue weighted by Crippen LogP contribution is 2.44. The van der Waals surface area contributed by atoms with Gasteiger partial charge in [-0.05, 0) is 23.8 Å². The molecule has 0 amide bonds. The normalized spacial score (nSPS) is 15.2. The molecule has 2 heterocycles. The molecule has 11 nitrogen and oxygen atoms in total. The largest absolute Gasteiger partial charge is 0.476 e. The van der Waals surface area contributed by atoms with Crippen LogP contribution in [0.4, 0.5) is 10.1 Å². The van der Waals surface area contributed by atoms with Gasteiger partial charge >= 0.3 is 17.9 Å². The number of nitrogens with two attached hydrogens (primary N) is 1. The molecule has 0 radical (unpaired) electrons. The van der Waals surface area contributed by atoms with Crippen LogP contribution in [0.1, 0.15) is 22.0 Å². The molecule has 0 aliphatic carbocycles. The number of carboxylic acid groups (broad SMARTS) is 1. The summed E-state index contributed by atoms with van der Waals surface area (Å²) in [6.45, 7) is 0. The van der Waals surface area contributed by atoms with Crippen molar-refractivity contribution in [3.63, 3.8) is 0 Å². The average molecular weight is 517 g/mol. The van der Waals surface area contributed by atoms with Crippen molar-refractivity contribution in [1.82, 2.24) is 9.78 Å². The zero-order valence-corrected chi connectivity index (χ0v) is 20.1. The summed E-state index contributed by atoms with van der Waals surface area (Å²) in [7, 11) is 2.19. The molecule has 0 spiro atoms. The second-order valence-electron chi connectivity index (χ2n) is 7.92. The van der Waals surface area contributed by atoms with Gasteiger partial charge in [0.15, 0.2) is 5.69 Å². The Morgan fingerprint density at radius 1 is 1.05 bits per heavy atom. The summed E-state index contributed by atoms with van der Waals surface area (Å²) >= 11 is 0. The zero-order valence-electron chi connectivity index (χ0n) is 20.1. The van der Waals surface area contributed by atoms with Crippen LogP contribution < -0.4 is 10.6 Å². The minimum absolute atomic E-state index is 0.0860. The summed E-state index contributed by atoms with van der Waals surface area (Å²) in [5.74, 6) is -5.42. The van der Waals surface area contributed by atoms with Crippen LogP contribution in [0.3, 0.4) is 0 Å². The van der Waals surface area contributed by atoms with Gasteiger partial charge in [-0.1, -0.05) is 30.3 Å². The summed E-state index contributed by atoms with van der Waals surface area (Å²) in [5.41, 5.74) is 5.80. The van der Waals surface area contributed by atoms with Gasteiger partial charge in [0.2, 0.25) is 0 Å². The Bertz CT molecular complexity index is 1550. The third-order valence-corrected chi connectivity index (χ3v) is 5.84. The minimum Gasteiger partial charge on any atom is -0.476 e. The van der Waals surface area contributed by atoms with Crippen molar-refractivity contribution in [2.45, 2.75) is 5.92 Å². The first kappa shape index (κ1) is 25.6. The Hall–Kier alpha value is -5.44. The second-order valence-corrected chi connectivity index (χ2v) is 7.92. The molecule has 3 N–H and O–H groups in total. The number of methoxy groups -OCH3 is 2. The molecule has 3 aromatic rings. The standard InChI is InChI=1S/C26H20FN5O6/c1-37-25(35)21-20(14-6-4-3-5-7-14)16(13-28)23(29)32(22(21)26(36)38-2)19-12-15(27)8-9-18(19)31-11-10-17(30-31)24(33)34/h3-12,20H,29H2,1-2H3,(H,33,34). The average Bonchev–Trinajstić information content (AvgIpc) is 3.42. The van der Waals surface area contributed by atoms with E-state index >= 15 is 0 Å². The SMILES string of the molecule is COC(=O)C1=C(C(=O)OC)N(c2cc(F)ccc2-n2ccc(C(=O)O)n2)C(N)=C(C#N)C1c1ccccc1. The van der Waals surface area contributed by atoms with Crippen molar-refractivity contribution < 1.29 is 33.4 Å². The Balaban J connectivity index is 2.10. The number of hydrogen-bond donors (Lipinski definition) is 2. The van der Waals surface area contributed by atoms with Gasteiger partial charge < -0.3 is 20.3 Å². The monoisotopic (exact) mass is 517 g/mol. The van der Waals surface area contributed by atoms with E-state index in [4.69, 9.17) is 15.2 Å². The third-order valence-electron chi connectivity index (χ3n) is 5.84. The van der Waals surface area contributed by atoms with Gasteiger partial charge in [-0.25, -0.2) is 23.5 Å². The number of carbonyl (C=O) groups excluding carboxylic acids is 2. The van der Waals surface area contributed by atoms with E-state index in [0.717, 1.165) is 35.9 Å². The van der Waals surface area contributed by atoms with E-state index in [1.807, 2.05) is 6.07 Å². The predicted octanol–water partition coefficient (Wildman–Crippen LogP) is 2.61. The van der Waals surface area contributed by atoms with Crippen molar-refractivity contribution in [2.75, 3.05) is 19.1 Å². The number of aromatic carboxylic acids is 1. The fraction of sp³-hybridized carbons (Fsp3) is 0.115. The molecular formula is C26H20FN5O6. The number of allylic oxidation sites excluding steroid dienone is 1. The van der Waals surface area contributed by atoms with E-state index in [1.54, 1.807) is 30.3 Å². The Kier molecular flexibility index (Phi) is 6.93. The lowest BCUT2D eigenvalue weighted by Gasteiger charge is -2.36. The van der Waals surface area contributed by atoms with E-state index in [0.29, 0.717) is 5.56 Å². The van der Waals surface area contributed by atoms with Crippen LogP contribution >= 0.6 is 0 Å². The summed E-state index contributed by atoms with van der Waals surface area (Å²) in [5, 5.41) is 23.4. The molecule has 38 heavy (non-hydrogen) atoms. The summed E-state index contributed by atoms with van der Waals surface area (Å²) in [6.07, 6.45) is 1.31. The van der Waals surface area contributed by atoms with Crippen molar-refractivity contribution in [3.8, 4) is 11.8 Å². The maximum Gasteiger partial charge on any atom is 0.356 e. The number of carboxylic acids is 1. The van der Waals surface area contributed by atoms with Gasteiger partial charge in [0.25, 0.3) is 0 Å². The molecule has 0 saturated carbocycles. The highest BCUT2D eigenvalue weighted by molar-refractivity contribution is 6.06. The number of carbonyl (C=O) groups is 3. The quantitative estimate of drug-likeness (QED) is 0.465. The van der Waals surface area contributed by atoms with Crippen molar-refractivity contribution in [2.24, 2.45) is 5.73 Å². The third kappa shape index (κ3) is 4.33. The Morgan fingerprint density at radius 2 is 1.74 bits per heavy atom. The number of nitriles is 1. The molecular weight excluding hydrogens is 497 g/mol. The molecule has 1 aliphatic heterocycles. The number of anilines is 1. The fourth-order valence-corrected chi connectivity index (χ4v) is 4.21. The summed E-state index contributed by atoms with van der Waals surface area (Å²) in [6, 6.07) is 15.0. The molecule has 1 aromatic heterocycles. The van der Waals surface area contributed by atoms with Crippen LogP contribution in [0.15, 0.2) is 83.5 Å². The number of rotatable bonds is 6. The molecule has 0 fully saturated rings. The molecule has 1 aliphatic rings. The highest BCUT2D eigenvalue weighted by atomic mass is 19.1. The Labute approximate surface area is 215 Å². The van der Waals surface area contributed by atoms with E-state index in [2.05, 4.69) is 5.10 Å². The van der Waals surface area contributed by atoms with Crippen LogP contribution in [0, 0.1) is 17.1 Å². The first-order chi connectivity index (χ1) is 18.2. The summed E-state index contributed by atoms with van der Waals surface area (Å²) in [4.78, 5) is 38.8. The topological polar surface area (TPSA) is 161 Å². The highest BCUT2D eigenvalue weighted by Gasteiger charge is 2.43. The first-order valence-corrected chi connectivity index (χ1v) is 11.0. The number of benzene rings is 2. The number of halogens is 1. The maximum absolute atomic E-state index is 14.6. The van der Waals surface area contributed by atoms with E-state index in [1.165, 1.54) is 18.3 Å². The lowest BCUT2D eigenvalue weighted by atomic mass is 9.81. The molecule has 1 atom stereocenters. The van der Waals surface area contributed by atoms with Gasteiger partial charge in [-0.2, -0.15) is 10.4 Å². The molecule has 12 heteroatoms. The van der Waals surface area contributed by atoms with Gasteiger partial charge in [-0.15, -0.1) is 0 Å². The predicted molar refractivity (Wildman–Crippen MR) is 130 cm³/mol. The van der Waals surface area contributed by atoms with Gasteiger partial charge in [-0.3, -0.25) is 4.90 Å². The van der Waals surface area contributed by atoms with Gasteiger partial charge in [0, 0.05) is 12.3 Å². The van der Waals surface area contributed by atoms with E-state index < -0.39 is 35.3 Å². The Morgan fingerprint density at radius 3 is 2.32 bits per heavy atom. The van der Waals surface area contributed by atoms with Crippen molar-refractivity contribution >= 4 is 23.6 Å². The molecule has 0 saturated heterocycles. The fourth-order valence-electron chi connectivity index (χ4n) is 4.21. The van der Waals surface area contributed by atoms with Crippen molar-refractivity contribution in [3.05, 3.63) is 101 Å². The summed E-state index contributed by atoms with van der Waals surface area (Å²) < 4.78 is 25.7. The lowest BCUT2D eigenvalue weighted by Crippen LogP contribution is -2.41. The van der Waals surface area contributed by atoms with Crippen LogP contribution in [0.25, 0.3) is 5.69 Å². The maximum atomic E-state index is 14.6. The number of esters is 2. The number of ether oxygens (including phenoxy) is 2. The molecule has 0 bridgehead atoms. The smallest absolute Gasteiger partial charge is 0.356 e. The van der Waals surface area contributed by atoms with Gasteiger partial charge in [0.05, 0.1) is 48.7 Å².